The summed E-state index contributed by atoms with van der Waals surface area (Å²) in [5.41, 5.74) is 2.68. The Hall–Kier alpha value is -1.47. The van der Waals surface area contributed by atoms with Gasteiger partial charge in [-0.2, -0.15) is 0 Å². The largest absolute Gasteiger partial charge is 0.389 e. The van der Waals surface area contributed by atoms with E-state index in [4.69, 9.17) is 9.72 Å². The first-order valence-corrected chi connectivity index (χ1v) is 9.68. The van der Waals surface area contributed by atoms with E-state index >= 15 is 0 Å². The molecule has 0 bridgehead atoms. The zero-order valence-electron chi connectivity index (χ0n) is 14.8. The molecule has 2 aromatic rings. The minimum absolute atomic E-state index is 0.573. The molecule has 3 rings (SSSR count). The fourth-order valence-corrected chi connectivity index (χ4v) is 4.13. The fraction of sp³-hybridized carbons (Fsp3) is 0.474. The Kier molecular flexibility index (Phi) is 6.42. The van der Waals surface area contributed by atoms with Crippen molar-refractivity contribution in [2.75, 3.05) is 38.6 Å². The Morgan fingerprint density at radius 2 is 1.92 bits per heavy atom. The molecule has 1 saturated heterocycles. The van der Waals surface area contributed by atoms with Crippen LogP contribution in [0.3, 0.4) is 0 Å². The highest BCUT2D eigenvalue weighted by atomic mass is 32.2. The number of thioether (sulfide) groups is 1. The first-order valence-electron chi connectivity index (χ1n) is 8.70. The summed E-state index contributed by atoms with van der Waals surface area (Å²) in [5.74, 6) is 1.65. The quantitative estimate of drug-likeness (QED) is 0.632. The molecule has 2 heterocycles. The highest BCUT2D eigenvalue weighted by Gasteiger charge is 2.18. The van der Waals surface area contributed by atoms with Gasteiger partial charge in [-0.05, 0) is 13.8 Å². The van der Waals surface area contributed by atoms with Crippen LogP contribution in [0.2, 0.25) is 0 Å². The molecule has 1 atom stereocenters. The molecule has 0 saturated carbocycles. The minimum Gasteiger partial charge on any atom is -0.389 e. The molecule has 0 radical (unpaired) electrons. The van der Waals surface area contributed by atoms with E-state index in [1.165, 1.54) is 0 Å². The van der Waals surface area contributed by atoms with Crippen molar-refractivity contribution in [1.82, 2.24) is 14.9 Å². The number of morpholine rings is 1. The van der Waals surface area contributed by atoms with Gasteiger partial charge in [0.25, 0.3) is 0 Å². The van der Waals surface area contributed by atoms with E-state index in [1.54, 1.807) is 18.7 Å². The molecule has 1 N–H and O–H groups in total. The van der Waals surface area contributed by atoms with Gasteiger partial charge in [0.1, 0.15) is 5.03 Å². The molecule has 1 aromatic carbocycles. The van der Waals surface area contributed by atoms with Crippen molar-refractivity contribution >= 4 is 11.8 Å². The summed E-state index contributed by atoms with van der Waals surface area (Å²) in [7, 11) is 0. The Morgan fingerprint density at radius 3 is 2.60 bits per heavy atom. The number of hydrogen-bond donors (Lipinski definition) is 1. The second-order valence-electron chi connectivity index (χ2n) is 6.20. The van der Waals surface area contributed by atoms with E-state index in [1.807, 2.05) is 37.3 Å². The van der Waals surface area contributed by atoms with Gasteiger partial charge < -0.3 is 9.84 Å². The molecular formula is C19H25N3O2S. The van der Waals surface area contributed by atoms with Crippen LogP contribution in [-0.2, 0) is 4.74 Å². The van der Waals surface area contributed by atoms with Crippen molar-refractivity contribution in [2.24, 2.45) is 0 Å². The Morgan fingerprint density at radius 1 is 1.20 bits per heavy atom. The van der Waals surface area contributed by atoms with E-state index in [2.05, 4.69) is 9.88 Å². The van der Waals surface area contributed by atoms with E-state index in [-0.39, 0.29) is 0 Å². The van der Waals surface area contributed by atoms with Gasteiger partial charge in [-0.15, -0.1) is 11.8 Å². The summed E-state index contributed by atoms with van der Waals surface area (Å²) in [6.45, 7) is 8.33. The van der Waals surface area contributed by atoms with Crippen LogP contribution >= 0.6 is 11.8 Å². The van der Waals surface area contributed by atoms with E-state index in [0.717, 1.165) is 66.3 Å². The zero-order valence-corrected chi connectivity index (χ0v) is 15.6. The number of aromatic nitrogens is 2. The third kappa shape index (κ3) is 4.79. The molecule has 1 aliphatic rings. The Labute approximate surface area is 153 Å². The molecule has 1 fully saturated rings. The van der Waals surface area contributed by atoms with E-state index in [9.17, 15) is 5.11 Å². The van der Waals surface area contributed by atoms with Gasteiger partial charge in [0.2, 0.25) is 0 Å². The third-order valence-electron chi connectivity index (χ3n) is 4.30. The summed E-state index contributed by atoms with van der Waals surface area (Å²) in [5, 5.41) is 11.1. The standard InChI is InChI=1S/C19H25N3O2S/c1-14-17(15(2)23)19(25-13-10-22-8-11-24-12-9-22)21-18(20-14)16-6-4-3-5-7-16/h3-7,15,23H,8-13H2,1-2H3. The van der Waals surface area contributed by atoms with Gasteiger partial charge in [0.15, 0.2) is 5.82 Å². The molecule has 134 valence electrons. The smallest absolute Gasteiger partial charge is 0.160 e. The van der Waals surface area contributed by atoms with E-state index in [0.29, 0.717) is 0 Å². The molecule has 1 aromatic heterocycles. The van der Waals surface area contributed by atoms with Gasteiger partial charge in [-0.3, -0.25) is 4.90 Å². The lowest BCUT2D eigenvalue weighted by molar-refractivity contribution is 0.0410. The Bertz CT molecular complexity index is 689. The lowest BCUT2D eigenvalue weighted by Crippen LogP contribution is -2.37. The number of ether oxygens (including phenoxy) is 1. The first kappa shape index (κ1) is 18.3. The SMILES string of the molecule is Cc1nc(-c2ccccc2)nc(SCCN2CCOCC2)c1C(C)O. The lowest BCUT2D eigenvalue weighted by atomic mass is 10.1. The average Bonchev–Trinajstić information content (AvgIpc) is 2.62. The molecule has 5 nitrogen and oxygen atoms in total. The summed E-state index contributed by atoms with van der Waals surface area (Å²) in [6.07, 6.45) is -0.573. The lowest BCUT2D eigenvalue weighted by Gasteiger charge is -2.26. The summed E-state index contributed by atoms with van der Waals surface area (Å²) in [4.78, 5) is 11.8. The highest BCUT2D eigenvalue weighted by Crippen LogP contribution is 2.30. The Balaban J connectivity index is 1.78. The molecular weight excluding hydrogens is 334 g/mol. The topological polar surface area (TPSA) is 58.5 Å². The third-order valence-corrected chi connectivity index (χ3v) is 5.27. The summed E-state index contributed by atoms with van der Waals surface area (Å²) in [6, 6.07) is 9.99. The van der Waals surface area contributed by atoms with Gasteiger partial charge in [-0.1, -0.05) is 30.3 Å². The molecule has 25 heavy (non-hydrogen) atoms. The molecule has 0 spiro atoms. The first-order chi connectivity index (χ1) is 12.1. The molecule has 0 amide bonds. The van der Waals surface area contributed by atoms with Crippen LogP contribution in [0.25, 0.3) is 11.4 Å². The number of aliphatic hydroxyl groups is 1. The van der Waals surface area contributed by atoms with Gasteiger partial charge in [-0.25, -0.2) is 9.97 Å². The predicted octanol–water partition coefficient (Wildman–Crippen LogP) is 2.93. The monoisotopic (exact) mass is 359 g/mol. The molecule has 1 aliphatic heterocycles. The van der Waals surface area contributed by atoms with Crippen molar-refractivity contribution in [3.8, 4) is 11.4 Å². The number of hydrogen-bond acceptors (Lipinski definition) is 6. The molecule has 0 aliphatic carbocycles. The van der Waals surface area contributed by atoms with Crippen LogP contribution in [0, 0.1) is 6.92 Å². The summed E-state index contributed by atoms with van der Waals surface area (Å²) >= 11 is 1.70. The van der Waals surface area contributed by atoms with Crippen LogP contribution in [0.5, 0.6) is 0 Å². The maximum absolute atomic E-state index is 10.2. The van der Waals surface area contributed by atoms with Crippen LogP contribution < -0.4 is 0 Å². The molecule has 6 heteroatoms. The van der Waals surface area contributed by atoms with Crippen LogP contribution in [0.15, 0.2) is 35.4 Å². The predicted molar refractivity (Wildman–Crippen MR) is 101 cm³/mol. The maximum atomic E-state index is 10.2. The minimum atomic E-state index is -0.573. The van der Waals surface area contributed by atoms with Crippen molar-refractivity contribution in [2.45, 2.75) is 25.0 Å². The second-order valence-corrected chi connectivity index (χ2v) is 7.28. The fourth-order valence-electron chi connectivity index (χ4n) is 2.96. The second kappa shape index (κ2) is 8.76. The van der Waals surface area contributed by atoms with Crippen molar-refractivity contribution in [1.29, 1.82) is 0 Å². The van der Waals surface area contributed by atoms with Gasteiger partial charge >= 0.3 is 0 Å². The van der Waals surface area contributed by atoms with Crippen molar-refractivity contribution < 1.29 is 9.84 Å². The van der Waals surface area contributed by atoms with Crippen LogP contribution in [-0.4, -0.2) is 58.6 Å². The number of nitrogens with zero attached hydrogens (tertiary/aromatic N) is 3. The van der Waals surface area contributed by atoms with Gasteiger partial charge in [0.05, 0.1) is 19.3 Å². The molecule has 1 unspecified atom stereocenters. The van der Waals surface area contributed by atoms with E-state index < -0.39 is 6.10 Å². The van der Waals surface area contributed by atoms with Crippen LogP contribution in [0.1, 0.15) is 24.3 Å². The van der Waals surface area contributed by atoms with Gasteiger partial charge in [0, 0.05) is 42.2 Å². The number of aliphatic hydroxyl groups excluding tert-OH is 1. The van der Waals surface area contributed by atoms with Crippen molar-refractivity contribution in [3.63, 3.8) is 0 Å². The highest BCUT2D eigenvalue weighted by molar-refractivity contribution is 7.99. The summed E-state index contributed by atoms with van der Waals surface area (Å²) < 4.78 is 5.39. The number of rotatable bonds is 6. The zero-order chi connectivity index (χ0) is 17.6. The maximum Gasteiger partial charge on any atom is 0.160 e. The van der Waals surface area contributed by atoms with Crippen molar-refractivity contribution in [3.05, 3.63) is 41.6 Å². The average molecular weight is 359 g/mol. The number of aryl methyl sites for hydroxylation is 1. The normalized spacial score (nSPS) is 16.8. The van der Waals surface area contributed by atoms with Crippen LogP contribution in [0.4, 0.5) is 0 Å². The number of benzene rings is 1.